The van der Waals surface area contributed by atoms with E-state index in [1.807, 2.05) is 0 Å². The number of anilines is 1. The molecular weight excluding hydrogens is 448 g/mol. The molecule has 0 saturated carbocycles. The molecule has 7 nitrogen and oxygen atoms in total. The Hall–Kier alpha value is -2.97. The number of carbonyl (C=O) groups excluding carboxylic acids is 2. The molecule has 0 bridgehead atoms. The van der Waals surface area contributed by atoms with E-state index in [0.29, 0.717) is 29.4 Å². The predicted molar refractivity (Wildman–Crippen MR) is 116 cm³/mol. The summed E-state index contributed by atoms with van der Waals surface area (Å²) in [7, 11) is 0. The fourth-order valence-electron chi connectivity index (χ4n) is 2.75. The fourth-order valence-corrected chi connectivity index (χ4v) is 3.04. The first kappa shape index (κ1) is 22.7. The van der Waals surface area contributed by atoms with Crippen molar-refractivity contribution in [3.63, 3.8) is 0 Å². The van der Waals surface area contributed by atoms with Gasteiger partial charge in [0.15, 0.2) is 12.7 Å². The quantitative estimate of drug-likeness (QED) is 0.552. The minimum Gasteiger partial charge on any atom is -0.484 e. The van der Waals surface area contributed by atoms with Crippen LogP contribution >= 0.6 is 23.2 Å². The van der Waals surface area contributed by atoms with Crippen LogP contribution in [0.4, 0.5) is 10.1 Å². The number of rotatable bonds is 8. The summed E-state index contributed by atoms with van der Waals surface area (Å²) in [6.07, 6.45) is -0.371. The highest BCUT2D eigenvalue weighted by molar-refractivity contribution is 6.31. The molecule has 0 aromatic heterocycles. The molecule has 1 atom stereocenters. The summed E-state index contributed by atoms with van der Waals surface area (Å²) < 4.78 is 24.3. The molecule has 0 saturated heterocycles. The van der Waals surface area contributed by atoms with Crippen LogP contribution < -0.4 is 25.4 Å². The first-order valence-electron chi connectivity index (χ1n) is 9.35. The Labute approximate surface area is 188 Å². The SMILES string of the molecule is C=C(CCNC(=O)C1CNc2cc(Cl)ccc2O1)NC(=O)COc1ccc(Cl)c(F)c1. The molecule has 3 N–H and O–H groups in total. The molecule has 1 unspecified atom stereocenters. The standard InChI is InChI=1S/C21H20Cl2FN3O4/c1-12(27-20(28)11-30-14-3-4-15(23)16(24)9-14)6-7-25-21(29)19-10-26-17-8-13(22)2-5-18(17)31-19/h2-5,8-9,19,26H,1,6-7,10-11H2,(H,25,29)(H,27,28). The van der Waals surface area contributed by atoms with E-state index in [1.165, 1.54) is 12.1 Å². The second kappa shape index (κ2) is 10.4. The third-order valence-electron chi connectivity index (χ3n) is 4.28. The molecule has 0 aliphatic carbocycles. The molecule has 1 heterocycles. The van der Waals surface area contributed by atoms with E-state index in [4.69, 9.17) is 32.7 Å². The molecule has 164 valence electrons. The van der Waals surface area contributed by atoms with Gasteiger partial charge in [0, 0.05) is 29.8 Å². The number of fused-ring (bicyclic) bond motifs is 1. The normalized spacial score (nSPS) is 14.5. The molecule has 2 amide bonds. The van der Waals surface area contributed by atoms with Gasteiger partial charge in [-0.15, -0.1) is 0 Å². The predicted octanol–water partition coefficient (Wildman–Crippen LogP) is 3.52. The highest BCUT2D eigenvalue weighted by Gasteiger charge is 2.25. The van der Waals surface area contributed by atoms with E-state index in [9.17, 15) is 14.0 Å². The third kappa shape index (κ3) is 6.50. The van der Waals surface area contributed by atoms with Gasteiger partial charge in [-0.05, 0) is 30.3 Å². The summed E-state index contributed by atoms with van der Waals surface area (Å²) >= 11 is 11.5. The largest absolute Gasteiger partial charge is 0.484 e. The lowest BCUT2D eigenvalue weighted by Crippen LogP contribution is -2.45. The van der Waals surface area contributed by atoms with Crippen LogP contribution in [0.1, 0.15) is 6.42 Å². The Morgan fingerprint density at radius 1 is 1.26 bits per heavy atom. The minimum atomic E-state index is -0.690. The summed E-state index contributed by atoms with van der Waals surface area (Å²) in [5.74, 6) is -0.654. The summed E-state index contributed by atoms with van der Waals surface area (Å²) in [4.78, 5) is 24.2. The van der Waals surface area contributed by atoms with E-state index in [-0.39, 0.29) is 29.8 Å². The monoisotopic (exact) mass is 467 g/mol. The Morgan fingerprint density at radius 3 is 2.84 bits per heavy atom. The van der Waals surface area contributed by atoms with Gasteiger partial charge < -0.3 is 25.4 Å². The first-order valence-corrected chi connectivity index (χ1v) is 10.1. The van der Waals surface area contributed by atoms with Crippen molar-refractivity contribution in [2.75, 3.05) is 25.0 Å². The van der Waals surface area contributed by atoms with E-state index >= 15 is 0 Å². The molecule has 0 fully saturated rings. The van der Waals surface area contributed by atoms with Crippen molar-refractivity contribution in [2.24, 2.45) is 0 Å². The Balaban J connectivity index is 1.35. The molecule has 0 spiro atoms. The number of ether oxygens (including phenoxy) is 2. The number of amides is 2. The van der Waals surface area contributed by atoms with E-state index in [1.54, 1.807) is 18.2 Å². The number of benzene rings is 2. The van der Waals surface area contributed by atoms with Crippen molar-refractivity contribution in [1.82, 2.24) is 10.6 Å². The summed E-state index contributed by atoms with van der Waals surface area (Å²) in [6, 6.07) is 8.99. The lowest BCUT2D eigenvalue weighted by Gasteiger charge is -2.26. The van der Waals surface area contributed by atoms with E-state index in [0.717, 1.165) is 11.8 Å². The van der Waals surface area contributed by atoms with Crippen molar-refractivity contribution in [3.05, 3.63) is 64.5 Å². The fraction of sp³-hybridized carbons (Fsp3) is 0.238. The lowest BCUT2D eigenvalue weighted by molar-refractivity contribution is -0.127. The van der Waals surface area contributed by atoms with Gasteiger partial charge in [-0.1, -0.05) is 29.8 Å². The van der Waals surface area contributed by atoms with Crippen molar-refractivity contribution in [1.29, 1.82) is 0 Å². The number of halogens is 3. The molecule has 2 aromatic rings. The zero-order valence-electron chi connectivity index (χ0n) is 16.3. The van der Waals surface area contributed by atoms with Crippen LogP contribution in [0.2, 0.25) is 10.0 Å². The van der Waals surface area contributed by atoms with Gasteiger partial charge >= 0.3 is 0 Å². The van der Waals surface area contributed by atoms with Crippen LogP contribution in [0.15, 0.2) is 48.7 Å². The summed E-state index contributed by atoms with van der Waals surface area (Å²) in [5, 5.41) is 8.95. The van der Waals surface area contributed by atoms with Crippen LogP contribution in [-0.4, -0.2) is 37.6 Å². The average molecular weight is 468 g/mol. The van der Waals surface area contributed by atoms with Crippen molar-refractivity contribution in [3.8, 4) is 11.5 Å². The van der Waals surface area contributed by atoms with Gasteiger partial charge in [-0.3, -0.25) is 9.59 Å². The number of nitrogens with one attached hydrogen (secondary N) is 3. The van der Waals surface area contributed by atoms with Crippen LogP contribution in [0, 0.1) is 5.82 Å². The van der Waals surface area contributed by atoms with Gasteiger partial charge in [0.2, 0.25) is 0 Å². The second-order valence-electron chi connectivity index (χ2n) is 6.69. The van der Waals surface area contributed by atoms with Crippen molar-refractivity contribution >= 4 is 40.7 Å². The maximum Gasteiger partial charge on any atom is 0.262 e. The third-order valence-corrected chi connectivity index (χ3v) is 4.83. The molecule has 1 aliphatic heterocycles. The zero-order chi connectivity index (χ0) is 22.4. The van der Waals surface area contributed by atoms with Crippen LogP contribution in [0.3, 0.4) is 0 Å². The Morgan fingerprint density at radius 2 is 2.06 bits per heavy atom. The molecule has 2 aromatic carbocycles. The van der Waals surface area contributed by atoms with Gasteiger partial charge in [0.25, 0.3) is 11.8 Å². The van der Waals surface area contributed by atoms with E-state index in [2.05, 4.69) is 22.5 Å². The zero-order valence-corrected chi connectivity index (χ0v) is 17.9. The molecular formula is C21H20Cl2FN3O4. The average Bonchev–Trinajstić information content (AvgIpc) is 2.74. The van der Waals surface area contributed by atoms with E-state index < -0.39 is 17.8 Å². The second-order valence-corrected chi connectivity index (χ2v) is 7.53. The van der Waals surface area contributed by atoms with Gasteiger partial charge in [-0.2, -0.15) is 0 Å². The highest BCUT2D eigenvalue weighted by Crippen LogP contribution is 2.31. The topological polar surface area (TPSA) is 88.7 Å². The van der Waals surface area contributed by atoms with Crippen molar-refractivity contribution in [2.45, 2.75) is 12.5 Å². The Bertz CT molecular complexity index is 1000. The first-order chi connectivity index (χ1) is 14.8. The molecule has 3 rings (SSSR count). The Kier molecular flexibility index (Phi) is 7.59. The maximum atomic E-state index is 13.4. The number of hydrogen-bond donors (Lipinski definition) is 3. The number of carbonyl (C=O) groups is 2. The maximum absolute atomic E-state index is 13.4. The molecule has 1 aliphatic rings. The van der Waals surface area contributed by atoms with Gasteiger partial charge in [0.05, 0.1) is 17.3 Å². The molecule has 31 heavy (non-hydrogen) atoms. The van der Waals surface area contributed by atoms with Crippen LogP contribution in [0.5, 0.6) is 11.5 Å². The van der Waals surface area contributed by atoms with Crippen LogP contribution in [-0.2, 0) is 9.59 Å². The minimum absolute atomic E-state index is 0.0322. The molecule has 0 radical (unpaired) electrons. The summed E-state index contributed by atoms with van der Waals surface area (Å²) in [6.45, 7) is 3.99. The lowest BCUT2D eigenvalue weighted by atomic mass is 10.2. The highest BCUT2D eigenvalue weighted by atomic mass is 35.5. The van der Waals surface area contributed by atoms with Crippen LogP contribution in [0.25, 0.3) is 0 Å². The van der Waals surface area contributed by atoms with Gasteiger partial charge in [0.1, 0.15) is 17.3 Å². The molecule has 10 heteroatoms. The number of hydrogen-bond acceptors (Lipinski definition) is 5. The van der Waals surface area contributed by atoms with Gasteiger partial charge in [-0.25, -0.2) is 4.39 Å². The smallest absolute Gasteiger partial charge is 0.262 e. The summed E-state index contributed by atoms with van der Waals surface area (Å²) in [5.41, 5.74) is 1.13. The van der Waals surface area contributed by atoms with Crippen molar-refractivity contribution < 1.29 is 23.5 Å².